The van der Waals surface area contributed by atoms with Crippen molar-refractivity contribution in [2.24, 2.45) is 0 Å². The van der Waals surface area contributed by atoms with Crippen LogP contribution in [0.2, 0.25) is 0 Å². The number of anilines is 3. The second-order valence-electron chi connectivity index (χ2n) is 15.8. The lowest BCUT2D eigenvalue weighted by molar-refractivity contribution is -0.138. The highest BCUT2D eigenvalue weighted by Gasteiger charge is 2.38. The van der Waals surface area contributed by atoms with Crippen LogP contribution in [0.4, 0.5) is 34.8 Å². The third-order valence-corrected chi connectivity index (χ3v) is 14.2. The highest BCUT2D eigenvalue weighted by atomic mass is 32.2. The quantitative estimate of drug-likeness (QED) is 0.0611. The van der Waals surface area contributed by atoms with E-state index in [0.29, 0.717) is 43.4 Å². The summed E-state index contributed by atoms with van der Waals surface area (Å²) in [5, 5.41) is 16.5. The number of ether oxygens (including phenoxy) is 1. The summed E-state index contributed by atoms with van der Waals surface area (Å²) in [4.78, 5) is 41.4. The molecule has 0 spiro atoms. The number of carbonyl (C=O) groups excluding carboxylic acids is 2. The number of sulfone groups is 2. The zero-order chi connectivity index (χ0) is 45.9. The monoisotopic (exact) mass is 926 g/mol. The van der Waals surface area contributed by atoms with Crippen LogP contribution in [0.3, 0.4) is 0 Å². The van der Waals surface area contributed by atoms with Crippen molar-refractivity contribution in [1.82, 2.24) is 4.98 Å². The number of hydrogen-bond acceptors (Lipinski definition) is 11. The third-order valence-electron chi connectivity index (χ3n) is 9.63. The highest BCUT2D eigenvalue weighted by molar-refractivity contribution is 7.92. The molecule has 2 aliphatic rings. The lowest BCUT2D eigenvalue weighted by Gasteiger charge is -2.21. The third kappa shape index (κ3) is 12.2. The van der Waals surface area contributed by atoms with Gasteiger partial charge >= 0.3 is 11.9 Å². The van der Waals surface area contributed by atoms with Crippen molar-refractivity contribution >= 4 is 54.7 Å². The number of halogens is 4. The van der Waals surface area contributed by atoms with Gasteiger partial charge in [-0.15, -0.1) is 0 Å². The molecule has 1 amide bonds. The van der Waals surface area contributed by atoms with Gasteiger partial charge < -0.3 is 25.8 Å². The molecule has 64 heavy (non-hydrogen) atoms. The van der Waals surface area contributed by atoms with Gasteiger partial charge in [-0.3, -0.25) is 4.79 Å². The van der Waals surface area contributed by atoms with Crippen LogP contribution in [0, 0.1) is 23.3 Å². The van der Waals surface area contributed by atoms with Gasteiger partial charge in [0, 0.05) is 18.3 Å². The molecule has 0 aliphatic heterocycles. The molecule has 4 aromatic carbocycles. The molecule has 13 nitrogen and oxygen atoms in total. The fourth-order valence-corrected chi connectivity index (χ4v) is 9.39. The van der Waals surface area contributed by atoms with Gasteiger partial charge in [0.1, 0.15) is 40.7 Å². The fourth-order valence-electron chi connectivity index (χ4n) is 6.08. The Morgan fingerprint density at radius 1 is 0.672 bits per heavy atom. The van der Waals surface area contributed by atoms with Crippen molar-refractivity contribution in [3.05, 3.63) is 143 Å². The zero-order valence-corrected chi connectivity index (χ0v) is 35.6. The number of carboxylic acid groups (broad SMARTS) is 1. The van der Waals surface area contributed by atoms with Gasteiger partial charge in [-0.25, -0.2) is 49.0 Å². The molecule has 0 saturated heterocycles. The average Bonchev–Trinajstić information content (AvgIpc) is 4.14. The van der Waals surface area contributed by atoms with Crippen LogP contribution < -0.4 is 16.0 Å². The Hall–Kier alpha value is -6.34. The highest BCUT2D eigenvalue weighted by Crippen LogP contribution is 2.35. The number of nitrogens with zero attached hydrogens (tertiary/aromatic N) is 1. The number of rotatable bonds is 14. The number of esters is 1. The SMILES string of the molecule is C.CC(C)(C)OC(=O)c1ccc(NC(=O)C(Nc2ccc(F)cc2F)c2ccc(S(=O)(=O)C3CC3)cc2)nc1.O=C(O)C(Nc1ccc(F)cc1F)c1ccc(S(=O)(=O)C2CC2)cc1. The summed E-state index contributed by atoms with van der Waals surface area (Å²) in [6, 6.07) is 17.2. The summed E-state index contributed by atoms with van der Waals surface area (Å²) >= 11 is 0. The molecule has 2 fully saturated rings. The van der Waals surface area contributed by atoms with Gasteiger partial charge in [-0.1, -0.05) is 31.7 Å². The van der Waals surface area contributed by atoms with Crippen LogP contribution in [0.15, 0.2) is 113 Å². The van der Waals surface area contributed by atoms with Crippen molar-refractivity contribution in [1.29, 1.82) is 0 Å². The van der Waals surface area contributed by atoms with Crippen LogP contribution >= 0.6 is 0 Å². The van der Waals surface area contributed by atoms with E-state index in [4.69, 9.17) is 4.74 Å². The first-order valence-corrected chi connectivity index (χ1v) is 22.6. The standard InChI is InChI=1S/C27H27F2N3O5S.C17H15F2NO4S.CH4/c1-27(2,3)37-26(34)17-6-13-23(30-15-17)32-25(33)24(31-22-12-7-18(28)14-21(22)29)16-4-8-19(9-5-16)38(35,36)20-10-11-20;18-11-3-8-15(14(19)9-11)20-16(17(21)22)10-1-4-12(5-2-10)25(23,24)13-6-7-13;/h4-9,12-15,20,24,31H,10-11H2,1-3H3,(H,30,32,33);1-5,8-9,13,16,20H,6-7H2,(H,21,22);1H4. The predicted molar refractivity (Wildman–Crippen MR) is 231 cm³/mol. The van der Waals surface area contributed by atoms with E-state index >= 15 is 0 Å². The number of pyridine rings is 1. The maximum atomic E-state index is 14.4. The van der Waals surface area contributed by atoms with Crippen LogP contribution in [-0.4, -0.2) is 60.9 Å². The predicted octanol–water partition coefficient (Wildman–Crippen LogP) is 8.82. The molecule has 2 unspecified atom stereocenters. The van der Waals surface area contributed by atoms with Crippen LogP contribution in [0.5, 0.6) is 0 Å². The number of amides is 1. The smallest absolute Gasteiger partial charge is 0.340 e. The Morgan fingerprint density at radius 3 is 1.48 bits per heavy atom. The average molecular weight is 927 g/mol. The number of carbonyl (C=O) groups is 3. The maximum Gasteiger partial charge on any atom is 0.340 e. The molecule has 2 atom stereocenters. The Labute approximate surface area is 368 Å². The van der Waals surface area contributed by atoms with Gasteiger partial charge in [0.2, 0.25) is 0 Å². The minimum Gasteiger partial charge on any atom is -0.479 e. The molecule has 0 radical (unpaired) electrons. The van der Waals surface area contributed by atoms with E-state index < -0.39 is 83.7 Å². The molecular weight excluding hydrogens is 881 g/mol. The van der Waals surface area contributed by atoms with E-state index in [0.717, 1.165) is 24.3 Å². The van der Waals surface area contributed by atoms with Crippen LogP contribution in [0.25, 0.3) is 0 Å². The Morgan fingerprint density at radius 2 is 1.11 bits per heavy atom. The van der Waals surface area contributed by atoms with Gasteiger partial charge in [0.15, 0.2) is 25.7 Å². The van der Waals surface area contributed by atoms with Gasteiger partial charge in [0.05, 0.1) is 37.2 Å². The van der Waals surface area contributed by atoms with E-state index in [1.807, 2.05) is 0 Å². The first-order valence-electron chi connectivity index (χ1n) is 19.5. The second-order valence-corrected chi connectivity index (χ2v) is 20.2. The molecular formula is C45H46F4N4O9S2. The van der Waals surface area contributed by atoms with Gasteiger partial charge in [-0.05, 0) is 118 Å². The molecule has 0 bridgehead atoms. The summed E-state index contributed by atoms with van der Waals surface area (Å²) in [6.45, 7) is 5.20. The number of carboxylic acids is 1. The number of nitrogens with one attached hydrogen (secondary N) is 3. The van der Waals surface area contributed by atoms with E-state index in [1.165, 1.54) is 66.9 Å². The molecule has 1 aromatic heterocycles. The topological polar surface area (TPSA) is 198 Å². The number of aromatic nitrogens is 1. The fraction of sp³-hybridized carbons (Fsp3) is 0.289. The van der Waals surface area contributed by atoms with Crippen molar-refractivity contribution in [3.63, 3.8) is 0 Å². The molecule has 4 N–H and O–H groups in total. The van der Waals surface area contributed by atoms with Crippen LogP contribution in [-0.2, 0) is 34.0 Å². The molecule has 5 aromatic rings. The number of benzene rings is 4. The largest absolute Gasteiger partial charge is 0.479 e. The first kappa shape index (κ1) is 48.7. The first-order chi connectivity index (χ1) is 29.6. The summed E-state index contributed by atoms with van der Waals surface area (Å²) in [7, 11) is -6.81. The Bertz CT molecular complexity index is 2730. The summed E-state index contributed by atoms with van der Waals surface area (Å²) in [5.41, 5.74) is -0.199. The van der Waals surface area contributed by atoms with E-state index in [-0.39, 0.29) is 50.8 Å². The molecule has 1 heterocycles. The number of hydrogen-bond donors (Lipinski definition) is 4. The lowest BCUT2D eigenvalue weighted by Crippen LogP contribution is -2.28. The summed E-state index contributed by atoms with van der Waals surface area (Å²) in [5.74, 6) is -5.76. The van der Waals surface area contributed by atoms with E-state index in [2.05, 4.69) is 20.9 Å². The van der Waals surface area contributed by atoms with E-state index in [1.54, 1.807) is 20.8 Å². The van der Waals surface area contributed by atoms with Crippen LogP contribution in [0.1, 0.15) is 87.4 Å². The zero-order valence-electron chi connectivity index (χ0n) is 33.9. The van der Waals surface area contributed by atoms with Crippen molar-refractivity contribution in [2.45, 2.75) is 91.9 Å². The van der Waals surface area contributed by atoms with Crippen molar-refractivity contribution in [2.75, 3.05) is 16.0 Å². The normalized spacial score (nSPS) is 14.7. The molecule has 340 valence electrons. The second kappa shape index (κ2) is 19.6. The molecule has 2 saturated carbocycles. The Kier molecular flexibility index (Phi) is 14.9. The minimum absolute atomic E-state index is 0. The summed E-state index contributed by atoms with van der Waals surface area (Å²) in [6.07, 6.45) is 3.74. The van der Waals surface area contributed by atoms with E-state index in [9.17, 15) is 53.9 Å². The molecule has 19 heteroatoms. The molecule has 7 rings (SSSR count). The summed E-state index contributed by atoms with van der Waals surface area (Å²) < 4.78 is 109. The number of aliphatic carboxylic acids is 1. The molecule has 2 aliphatic carbocycles. The maximum absolute atomic E-state index is 14.4. The van der Waals surface area contributed by atoms with Crippen molar-refractivity contribution < 1.29 is 58.6 Å². The Balaban J connectivity index is 0.000000257. The lowest BCUT2D eigenvalue weighted by atomic mass is 10.1. The van der Waals surface area contributed by atoms with Gasteiger partial charge in [0.25, 0.3) is 5.91 Å². The van der Waals surface area contributed by atoms with Crippen molar-refractivity contribution in [3.8, 4) is 0 Å². The van der Waals surface area contributed by atoms with Gasteiger partial charge in [-0.2, -0.15) is 0 Å². The minimum atomic E-state index is -3.44.